The van der Waals surface area contributed by atoms with Crippen molar-refractivity contribution in [3.8, 4) is 0 Å². The lowest BCUT2D eigenvalue weighted by atomic mass is 9.61. The fourth-order valence-electron chi connectivity index (χ4n) is 4.83. The molecule has 1 fully saturated rings. The smallest absolute Gasteiger partial charge is 0.0517 e. The van der Waals surface area contributed by atoms with Crippen molar-refractivity contribution in [1.29, 1.82) is 0 Å². The maximum atomic E-state index is 2.63. The molecule has 0 radical (unpaired) electrons. The van der Waals surface area contributed by atoms with Gasteiger partial charge in [-0.3, -0.25) is 0 Å². The summed E-state index contributed by atoms with van der Waals surface area (Å²) in [5.41, 5.74) is 6.12. The van der Waals surface area contributed by atoms with Gasteiger partial charge in [0.2, 0.25) is 0 Å². The quantitative estimate of drug-likeness (QED) is 0.648. The molecule has 2 aliphatic rings. The van der Waals surface area contributed by atoms with Crippen molar-refractivity contribution in [3.05, 3.63) is 59.7 Å². The second-order valence-electron chi connectivity index (χ2n) is 7.50. The summed E-state index contributed by atoms with van der Waals surface area (Å²) >= 11 is 0. The summed E-state index contributed by atoms with van der Waals surface area (Å²) in [6.45, 7) is 7.19. The van der Waals surface area contributed by atoms with E-state index in [1.54, 1.807) is 5.56 Å². The Labute approximate surface area is 134 Å². The van der Waals surface area contributed by atoms with Crippen LogP contribution < -0.4 is 4.90 Å². The molecule has 2 atom stereocenters. The van der Waals surface area contributed by atoms with Crippen molar-refractivity contribution in [2.24, 2.45) is 0 Å². The van der Waals surface area contributed by atoms with E-state index in [-0.39, 0.29) is 11.0 Å². The van der Waals surface area contributed by atoms with Crippen LogP contribution in [-0.4, -0.2) is 5.54 Å². The average molecular weight is 291 g/mol. The normalized spacial score (nSPS) is 30.0. The third-order valence-corrected chi connectivity index (χ3v) is 6.27. The largest absolute Gasteiger partial charge is 0.334 e. The standard InChI is InChI=1S/C21H25N/c1-16-11-12-19-18(15-16)20(2)13-7-8-14-21(20,3)22(19)17-9-5-4-6-10-17/h4-6,9-12,15H,7-8,13-14H2,1-3H3. The number of para-hydroxylation sites is 1. The van der Waals surface area contributed by atoms with Gasteiger partial charge in [0.05, 0.1) is 5.54 Å². The number of nitrogens with zero attached hydrogens (tertiary/aromatic N) is 1. The summed E-state index contributed by atoms with van der Waals surface area (Å²) < 4.78 is 0. The Kier molecular flexibility index (Phi) is 2.91. The molecule has 2 aromatic rings. The molecule has 0 bridgehead atoms. The van der Waals surface area contributed by atoms with Crippen LogP contribution in [0.3, 0.4) is 0 Å². The molecule has 0 spiro atoms. The molecule has 1 saturated carbocycles. The van der Waals surface area contributed by atoms with Gasteiger partial charge >= 0.3 is 0 Å². The van der Waals surface area contributed by atoms with E-state index in [2.05, 4.69) is 74.2 Å². The highest BCUT2D eigenvalue weighted by Gasteiger charge is 2.57. The topological polar surface area (TPSA) is 3.24 Å². The Balaban J connectivity index is 1.98. The molecule has 2 aromatic carbocycles. The van der Waals surface area contributed by atoms with Gasteiger partial charge in [-0.15, -0.1) is 0 Å². The molecule has 0 aromatic heterocycles. The summed E-state index contributed by atoms with van der Waals surface area (Å²) in [5.74, 6) is 0. The van der Waals surface area contributed by atoms with Crippen LogP contribution in [0.2, 0.25) is 0 Å². The first-order valence-electron chi connectivity index (χ1n) is 8.53. The molecule has 0 amide bonds. The number of benzene rings is 2. The fourth-order valence-corrected chi connectivity index (χ4v) is 4.83. The number of hydrogen-bond donors (Lipinski definition) is 0. The van der Waals surface area contributed by atoms with E-state index < -0.39 is 0 Å². The molecule has 4 rings (SSSR count). The lowest BCUT2D eigenvalue weighted by Crippen LogP contribution is -2.54. The summed E-state index contributed by atoms with van der Waals surface area (Å²) in [5, 5.41) is 0. The SMILES string of the molecule is Cc1ccc2c(c1)C1(C)CCCCC1(C)N2c1ccccc1. The first-order valence-corrected chi connectivity index (χ1v) is 8.53. The van der Waals surface area contributed by atoms with Crippen LogP contribution in [0.25, 0.3) is 0 Å². The average Bonchev–Trinajstić information content (AvgIpc) is 2.73. The Bertz CT molecular complexity index is 705. The van der Waals surface area contributed by atoms with Crippen LogP contribution in [0.1, 0.15) is 50.7 Å². The molecule has 114 valence electrons. The predicted octanol–water partition coefficient (Wildman–Crippen LogP) is 5.74. The van der Waals surface area contributed by atoms with Crippen LogP contribution >= 0.6 is 0 Å². The Morgan fingerprint density at radius 1 is 0.909 bits per heavy atom. The maximum Gasteiger partial charge on any atom is 0.0517 e. The highest BCUT2D eigenvalue weighted by atomic mass is 15.2. The van der Waals surface area contributed by atoms with Gasteiger partial charge in [0.1, 0.15) is 0 Å². The predicted molar refractivity (Wildman–Crippen MR) is 94.0 cm³/mol. The summed E-state index contributed by atoms with van der Waals surface area (Å²) in [6.07, 6.45) is 5.25. The van der Waals surface area contributed by atoms with Crippen molar-refractivity contribution in [2.45, 2.75) is 57.4 Å². The monoisotopic (exact) mass is 291 g/mol. The van der Waals surface area contributed by atoms with Gasteiger partial charge in [-0.05, 0) is 50.5 Å². The Morgan fingerprint density at radius 3 is 2.41 bits per heavy atom. The van der Waals surface area contributed by atoms with E-state index in [1.807, 2.05) is 0 Å². The highest BCUT2D eigenvalue weighted by molar-refractivity contribution is 5.76. The van der Waals surface area contributed by atoms with Gasteiger partial charge < -0.3 is 4.90 Å². The third kappa shape index (κ3) is 1.65. The first kappa shape index (κ1) is 13.9. The third-order valence-electron chi connectivity index (χ3n) is 6.27. The van der Waals surface area contributed by atoms with Gasteiger partial charge in [0.15, 0.2) is 0 Å². The second kappa shape index (κ2) is 4.62. The Morgan fingerprint density at radius 2 is 1.64 bits per heavy atom. The summed E-state index contributed by atoms with van der Waals surface area (Å²) in [4.78, 5) is 2.63. The van der Waals surface area contributed by atoms with Crippen LogP contribution in [-0.2, 0) is 5.41 Å². The molecule has 22 heavy (non-hydrogen) atoms. The second-order valence-corrected chi connectivity index (χ2v) is 7.50. The van der Waals surface area contributed by atoms with Gasteiger partial charge in [-0.2, -0.15) is 0 Å². The molecular weight excluding hydrogens is 266 g/mol. The van der Waals surface area contributed by atoms with E-state index in [1.165, 1.54) is 42.6 Å². The first-order chi connectivity index (χ1) is 10.6. The number of fused-ring (bicyclic) bond motifs is 3. The molecule has 1 heterocycles. The van der Waals surface area contributed by atoms with Crippen molar-refractivity contribution in [1.82, 2.24) is 0 Å². The molecule has 1 nitrogen and oxygen atoms in total. The van der Waals surface area contributed by atoms with E-state index in [4.69, 9.17) is 0 Å². The molecular formula is C21H25N. The van der Waals surface area contributed by atoms with Crippen molar-refractivity contribution in [3.63, 3.8) is 0 Å². The van der Waals surface area contributed by atoms with Crippen molar-refractivity contribution < 1.29 is 0 Å². The minimum Gasteiger partial charge on any atom is -0.334 e. The van der Waals surface area contributed by atoms with E-state index in [0.717, 1.165) is 0 Å². The van der Waals surface area contributed by atoms with Crippen LogP contribution in [0.4, 0.5) is 11.4 Å². The summed E-state index contributed by atoms with van der Waals surface area (Å²) in [6, 6.07) is 18.0. The maximum absolute atomic E-state index is 2.63. The van der Waals surface area contributed by atoms with Crippen LogP contribution in [0.5, 0.6) is 0 Å². The van der Waals surface area contributed by atoms with E-state index >= 15 is 0 Å². The molecule has 1 heteroatoms. The van der Waals surface area contributed by atoms with Gasteiger partial charge in [0.25, 0.3) is 0 Å². The minimum absolute atomic E-state index is 0.183. The zero-order valence-electron chi connectivity index (χ0n) is 13.9. The van der Waals surface area contributed by atoms with Gasteiger partial charge in [-0.25, -0.2) is 0 Å². The fraction of sp³-hybridized carbons (Fsp3) is 0.429. The molecule has 0 saturated heterocycles. The zero-order valence-corrected chi connectivity index (χ0v) is 13.9. The number of anilines is 2. The van der Waals surface area contributed by atoms with Crippen LogP contribution in [0, 0.1) is 6.92 Å². The van der Waals surface area contributed by atoms with Crippen molar-refractivity contribution in [2.75, 3.05) is 4.90 Å². The highest BCUT2D eigenvalue weighted by Crippen LogP contribution is 2.60. The van der Waals surface area contributed by atoms with E-state index in [9.17, 15) is 0 Å². The molecule has 2 unspecified atom stereocenters. The minimum atomic E-state index is 0.183. The molecule has 1 aliphatic carbocycles. The zero-order chi connectivity index (χ0) is 15.4. The lowest BCUT2D eigenvalue weighted by molar-refractivity contribution is 0.195. The molecule has 0 N–H and O–H groups in total. The number of aryl methyl sites for hydroxylation is 1. The summed E-state index contributed by atoms with van der Waals surface area (Å²) in [7, 11) is 0. The number of hydrogen-bond acceptors (Lipinski definition) is 1. The van der Waals surface area contributed by atoms with Gasteiger partial charge in [-0.1, -0.05) is 55.7 Å². The van der Waals surface area contributed by atoms with Gasteiger partial charge in [0, 0.05) is 16.8 Å². The lowest BCUT2D eigenvalue weighted by Gasteiger charge is -2.50. The van der Waals surface area contributed by atoms with Crippen LogP contribution in [0.15, 0.2) is 48.5 Å². The van der Waals surface area contributed by atoms with Crippen molar-refractivity contribution >= 4 is 11.4 Å². The van der Waals surface area contributed by atoms with E-state index in [0.29, 0.717) is 0 Å². The molecule has 1 aliphatic heterocycles. The Hall–Kier alpha value is -1.76. The number of rotatable bonds is 1.